The molecule has 0 aliphatic carbocycles. The number of benzene rings is 2. The Bertz CT molecular complexity index is 816. The molecule has 22 heavy (non-hydrogen) atoms. The summed E-state index contributed by atoms with van der Waals surface area (Å²) in [6, 6.07) is 15.8. The maximum absolute atomic E-state index is 12.0. The number of nitrogens with zero attached hydrogens (tertiary/aromatic N) is 2. The average Bonchev–Trinajstić information content (AvgIpc) is 2.93. The predicted molar refractivity (Wildman–Crippen MR) is 85.1 cm³/mol. The molecule has 0 amide bonds. The molecule has 1 N–H and O–H groups in total. The normalized spacial score (nSPS) is 18.3. The van der Waals surface area contributed by atoms with Crippen molar-refractivity contribution >= 4 is 15.7 Å². The van der Waals surface area contributed by atoms with Gasteiger partial charge in [0.1, 0.15) is 5.75 Å². The number of hydrogen-bond donors (Lipinski definition) is 1. The molecule has 114 valence electrons. The van der Waals surface area contributed by atoms with Gasteiger partial charge in [0.2, 0.25) is 10.0 Å². The van der Waals surface area contributed by atoms with Crippen LogP contribution in [0.15, 0.2) is 59.7 Å². The van der Waals surface area contributed by atoms with Crippen LogP contribution in [0.4, 0.5) is 0 Å². The van der Waals surface area contributed by atoms with Gasteiger partial charge in [0.05, 0.1) is 18.0 Å². The van der Waals surface area contributed by atoms with E-state index in [0.717, 1.165) is 21.8 Å². The molecule has 0 unspecified atom stereocenters. The molecule has 1 atom stereocenters. The fourth-order valence-corrected chi connectivity index (χ4v) is 3.48. The van der Waals surface area contributed by atoms with Crippen molar-refractivity contribution in [1.29, 1.82) is 0 Å². The molecule has 0 radical (unpaired) electrons. The van der Waals surface area contributed by atoms with Crippen LogP contribution in [0.5, 0.6) is 5.75 Å². The van der Waals surface area contributed by atoms with Crippen LogP contribution < -0.4 is 0 Å². The molecule has 2 aromatic rings. The van der Waals surface area contributed by atoms with Crippen molar-refractivity contribution in [3.8, 4) is 5.75 Å². The van der Waals surface area contributed by atoms with Crippen LogP contribution in [0.2, 0.25) is 0 Å². The van der Waals surface area contributed by atoms with Crippen molar-refractivity contribution in [1.82, 2.24) is 4.41 Å². The highest BCUT2D eigenvalue weighted by atomic mass is 32.2. The maximum Gasteiger partial charge on any atom is 0.247 e. The molecule has 5 nitrogen and oxygen atoms in total. The van der Waals surface area contributed by atoms with Crippen LogP contribution in [0.3, 0.4) is 0 Å². The van der Waals surface area contributed by atoms with Crippen LogP contribution in [-0.2, 0) is 10.0 Å². The topological polar surface area (TPSA) is 70.0 Å². The zero-order valence-corrected chi connectivity index (χ0v) is 12.9. The molecule has 0 aromatic heterocycles. The number of aromatic hydroxyl groups is 1. The van der Waals surface area contributed by atoms with Gasteiger partial charge in [-0.2, -0.15) is 9.52 Å². The number of hydrazone groups is 1. The van der Waals surface area contributed by atoms with Gasteiger partial charge in [0.25, 0.3) is 0 Å². The zero-order chi connectivity index (χ0) is 15.7. The number of sulfonamides is 1. The van der Waals surface area contributed by atoms with E-state index in [-0.39, 0.29) is 11.8 Å². The first-order valence-corrected chi connectivity index (χ1v) is 8.71. The van der Waals surface area contributed by atoms with Gasteiger partial charge < -0.3 is 5.11 Å². The molecule has 1 aliphatic heterocycles. The summed E-state index contributed by atoms with van der Waals surface area (Å²) in [5, 5.41) is 13.9. The highest BCUT2D eigenvalue weighted by Gasteiger charge is 2.34. The Morgan fingerprint density at radius 2 is 1.86 bits per heavy atom. The Morgan fingerprint density at radius 3 is 2.50 bits per heavy atom. The second-order valence-electron chi connectivity index (χ2n) is 5.26. The molecule has 0 saturated carbocycles. The minimum atomic E-state index is -3.47. The predicted octanol–water partition coefficient (Wildman–Crippen LogP) is 2.50. The summed E-state index contributed by atoms with van der Waals surface area (Å²) < 4.78 is 25.2. The highest BCUT2D eigenvalue weighted by molar-refractivity contribution is 7.88. The van der Waals surface area contributed by atoms with Crippen LogP contribution in [0.1, 0.15) is 23.6 Å². The molecule has 1 aliphatic rings. The highest BCUT2D eigenvalue weighted by Crippen LogP contribution is 2.34. The van der Waals surface area contributed by atoms with E-state index in [0.29, 0.717) is 12.1 Å². The second-order valence-corrected chi connectivity index (χ2v) is 7.10. The van der Waals surface area contributed by atoms with Crippen molar-refractivity contribution in [2.75, 3.05) is 6.26 Å². The van der Waals surface area contributed by atoms with Gasteiger partial charge in [-0.3, -0.25) is 0 Å². The van der Waals surface area contributed by atoms with Gasteiger partial charge in [0, 0.05) is 12.0 Å². The van der Waals surface area contributed by atoms with E-state index in [4.69, 9.17) is 0 Å². The lowest BCUT2D eigenvalue weighted by molar-refractivity contribution is 0.375. The van der Waals surface area contributed by atoms with E-state index in [9.17, 15) is 13.5 Å². The van der Waals surface area contributed by atoms with Gasteiger partial charge in [-0.25, -0.2) is 8.42 Å². The number of phenols is 1. The third-order valence-electron chi connectivity index (χ3n) is 3.58. The lowest BCUT2D eigenvalue weighted by Crippen LogP contribution is -2.25. The first-order valence-electron chi connectivity index (χ1n) is 6.86. The molecule has 6 heteroatoms. The van der Waals surface area contributed by atoms with Gasteiger partial charge in [-0.15, -0.1) is 0 Å². The molecule has 0 bridgehead atoms. The van der Waals surface area contributed by atoms with Gasteiger partial charge >= 0.3 is 0 Å². The first kappa shape index (κ1) is 14.6. The minimum Gasteiger partial charge on any atom is -0.508 e. The maximum atomic E-state index is 12.0. The quantitative estimate of drug-likeness (QED) is 0.946. The third kappa shape index (κ3) is 2.82. The van der Waals surface area contributed by atoms with E-state index < -0.39 is 10.0 Å². The van der Waals surface area contributed by atoms with Gasteiger partial charge in [-0.05, 0) is 17.7 Å². The largest absolute Gasteiger partial charge is 0.508 e. The Labute approximate surface area is 129 Å². The molecule has 3 rings (SSSR count). The number of phenolic OH excluding ortho intramolecular Hbond substituents is 1. The summed E-state index contributed by atoms with van der Waals surface area (Å²) in [6.07, 6.45) is 1.62. The molecule has 1 heterocycles. The van der Waals surface area contributed by atoms with Crippen molar-refractivity contribution in [3.05, 3.63) is 65.7 Å². The fraction of sp³-hybridized carbons (Fsp3) is 0.188. The standard InChI is InChI=1S/C16H16N2O3S/c1-22(20,21)18-16(12-6-3-2-4-7-12)11-15(17-18)13-8-5-9-14(19)10-13/h2-10,16,19H,11H2,1H3/t16-/m0/s1. The zero-order valence-electron chi connectivity index (χ0n) is 12.0. The van der Waals surface area contributed by atoms with Crippen molar-refractivity contribution < 1.29 is 13.5 Å². The molecule has 0 spiro atoms. The second kappa shape index (κ2) is 5.46. The SMILES string of the molecule is CS(=O)(=O)N1N=C(c2cccc(O)c2)C[C@H]1c1ccccc1. The van der Waals surface area contributed by atoms with Crippen LogP contribution >= 0.6 is 0 Å². The van der Waals surface area contributed by atoms with Crippen molar-refractivity contribution in [2.24, 2.45) is 5.10 Å². The summed E-state index contributed by atoms with van der Waals surface area (Å²) in [4.78, 5) is 0. The number of hydrogen-bond acceptors (Lipinski definition) is 4. The van der Waals surface area contributed by atoms with Gasteiger partial charge in [-0.1, -0.05) is 42.5 Å². The van der Waals surface area contributed by atoms with E-state index in [1.165, 1.54) is 0 Å². The smallest absolute Gasteiger partial charge is 0.247 e. The molecule has 2 aromatic carbocycles. The molecule has 0 saturated heterocycles. The first-order chi connectivity index (χ1) is 10.4. The lowest BCUT2D eigenvalue weighted by Gasteiger charge is -2.21. The third-order valence-corrected chi connectivity index (χ3v) is 4.59. The van der Waals surface area contributed by atoms with Crippen molar-refractivity contribution in [3.63, 3.8) is 0 Å². The Hall–Kier alpha value is -2.34. The molecular formula is C16H16N2O3S. The number of rotatable bonds is 3. The molecular weight excluding hydrogens is 300 g/mol. The van der Waals surface area contributed by atoms with E-state index in [1.54, 1.807) is 18.2 Å². The Kier molecular flexibility index (Phi) is 3.62. The van der Waals surface area contributed by atoms with Crippen molar-refractivity contribution in [2.45, 2.75) is 12.5 Å². The average molecular weight is 316 g/mol. The van der Waals surface area contributed by atoms with E-state index in [1.807, 2.05) is 36.4 Å². The summed E-state index contributed by atoms with van der Waals surface area (Å²) in [5.74, 6) is 0.134. The summed E-state index contributed by atoms with van der Waals surface area (Å²) in [6.45, 7) is 0. The summed E-state index contributed by atoms with van der Waals surface area (Å²) in [5.41, 5.74) is 2.27. The van der Waals surface area contributed by atoms with Crippen LogP contribution in [-0.4, -0.2) is 29.9 Å². The monoisotopic (exact) mass is 316 g/mol. The lowest BCUT2D eigenvalue weighted by atomic mass is 9.99. The summed E-state index contributed by atoms with van der Waals surface area (Å²) >= 11 is 0. The fourth-order valence-electron chi connectivity index (χ4n) is 2.58. The summed E-state index contributed by atoms with van der Waals surface area (Å²) in [7, 11) is -3.47. The molecule has 0 fully saturated rings. The van der Waals surface area contributed by atoms with Crippen LogP contribution in [0, 0.1) is 0 Å². The Morgan fingerprint density at radius 1 is 1.14 bits per heavy atom. The van der Waals surface area contributed by atoms with E-state index in [2.05, 4.69) is 5.10 Å². The van der Waals surface area contributed by atoms with Crippen LogP contribution in [0.25, 0.3) is 0 Å². The van der Waals surface area contributed by atoms with E-state index >= 15 is 0 Å². The Balaban J connectivity index is 2.02. The van der Waals surface area contributed by atoms with Gasteiger partial charge in [0.15, 0.2) is 0 Å². The minimum absolute atomic E-state index is 0.134.